The van der Waals surface area contributed by atoms with Crippen LogP contribution in [0.5, 0.6) is 0 Å². The first-order valence-electron chi connectivity index (χ1n) is 8.70. The van der Waals surface area contributed by atoms with Gasteiger partial charge in [-0.2, -0.15) is 0 Å². The summed E-state index contributed by atoms with van der Waals surface area (Å²) in [5, 5.41) is 4.02. The highest BCUT2D eigenvalue weighted by molar-refractivity contribution is 6.30. The normalized spacial score (nSPS) is 15.9. The lowest BCUT2D eigenvalue weighted by molar-refractivity contribution is -0.130. The van der Waals surface area contributed by atoms with E-state index in [2.05, 4.69) is 22.3 Å². The molecule has 132 valence electrons. The number of para-hydroxylation sites is 1. The van der Waals surface area contributed by atoms with E-state index >= 15 is 0 Å². The Morgan fingerprint density at radius 2 is 1.80 bits per heavy atom. The van der Waals surface area contributed by atoms with Crippen LogP contribution in [0.25, 0.3) is 0 Å². The number of rotatable bonds is 5. The number of nitrogens with zero attached hydrogens (tertiary/aromatic N) is 2. The van der Waals surface area contributed by atoms with Gasteiger partial charge in [0, 0.05) is 42.9 Å². The molecule has 25 heavy (non-hydrogen) atoms. The SMILES string of the molecule is C[C@H](NCC(=O)N1CCN(c2ccccc2)CC1)c1cccc(Cl)c1. The number of piperazine rings is 1. The molecule has 2 aromatic carbocycles. The number of hydrogen-bond acceptors (Lipinski definition) is 3. The molecule has 0 aliphatic carbocycles. The summed E-state index contributed by atoms with van der Waals surface area (Å²) >= 11 is 6.03. The lowest BCUT2D eigenvalue weighted by Crippen LogP contribution is -2.51. The largest absolute Gasteiger partial charge is 0.368 e. The molecule has 2 aromatic rings. The lowest BCUT2D eigenvalue weighted by atomic mass is 10.1. The Labute approximate surface area is 154 Å². The second kappa shape index (κ2) is 8.37. The van der Waals surface area contributed by atoms with Crippen LogP contribution in [0.3, 0.4) is 0 Å². The van der Waals surface area contributed by atoms with E-state index in [1.807, 2.05) is 54.3 Å². The van der Waals surface area contributed by atoms with Crippen LogP contribution < -0.4 is 10.2 Å². The summed E-state index contributed by atoms with van der Waals surface area (Å²) in [5.41, 5.74) is 2.32. The van der Waals surface area contributed by atoms with Gasteiger partial charge >= 0.3 is 0 Å². The Bertz CT molecular complexity index is 699. The highest BCUT2D eigenvalue weighted by atomic mass is 35.5. The zero-order valence-electron chi connectivity index (χ0n) is 14.5. The minimum absolute atomic E-state index is 0.0910. The van der Waals surface area contributed by atoms with Crippen LogP contribution in [0.15, 0.2) is 54.6 Å². The zero-order chi connectivity index (χ0) is 17.6. The van der Waals surface area contributed by atoms with Gasteiger partial charge in [-0.3, -0.25) is 4.79 Å². The minimum Gasteiger partial charge on any atom is -0.368 e. The fraction of sp³-hybridized carbons (Fsp3) is 0.350. The van der Waals surface area contributed by atoms with Gasteiger partial charge in [0.2, 0.25) is 5.91 Å². The summed E-state index contributed by atoms with van der Waals surface area (Å²) in [4.78, 5) is 16.7. The quantitative estimate of drug-likeness (QED) is 0.891. The molecular formula is C20H24ClN3O. The van der Waals surface area contributed by atoms with E-state index in [4.69, 9.17) is 11.6 Å². The predicted molar refractivity (Wildman–Crippen MR) is 103 cm³/mol. The van der Waals surface area contributed by atoms with E-state index in [1.54, 1.807) is 0 Å². The fourth-order valence-corrected chi connectivity index (χ4v) is 3.30. The molecule has 1 atom stereocenters. The van der Waals surface area contributed by atoms with Crippen LogP contribution in [-0.4, -0.2) is 43.5 Å². The molecule has 0 saturated carbocycles. The van der Waals surface area contributed by atoms with Gasteiger partial charge in [0.05, 0.1) is 6.54 Å². The van der Waals surface area contributed by atoms with Crippen molar-refractivity contribution in [3.05, 3.63) is 65.2 Å². The topological polar surface area (TPSA) is 35.6 Å². The monoisotopic (exact) mass is 357 g/mol. The van der Waals surface area contributed by atoms with Gasteiger partial charge in [0.15, 0.2) is 0 Å². The Morgan fingerprint density at radius 3 is 2.48 bits per heavy atom. The molecule has 1 heterocycles. The van der Waals surface area contributed by atoms with Crippen molar-refractivity contribution in [1.82, 2.24) is 10.2 Å². The van der Waals surface area contributed by atoms with Crippen molar-refractivity contribution in [3.8, 4) is 0 Å². The summed E-state index contributed by atoms with van der Waals surface area (Å²) < 4.78 is 0. The molecule has 0 aromatic heterocycles. The Morgan fingerprint density at radius 1 is 1.08 bits per heavy atom. The molecule has 0 bridgehead atoms. The van der Waals surface area contributed by atoms with Crippen molar-refractivity contribution >= 4 is 23.2 Å². The van der Waals surface area contributed by atoms with Crippen LogP contribution in [-0.2, 0) is 4.79 Å². The maximum Gasteiger partial charge on any atom is 0.236 e. The van der Waals surface area contributed by atoms with Gasteiger partial charge in [-0.15, -0.1) is 0 Å². The average molecular weight is 358 g/mol. The third-order valence-electron chi connectivity index (χ3n) is 4.66. The third kappa shape index (κ3) is 4.74. The fourth-order valence-electron chi connectivity index (χ4n) is 3.10. The molecule has 5 heteroatoms. The standard InChI is InChI=1S/C20H24ClN3O/c1-16(17-6-5-7-18(21)14-17)22-15-20(25)24-12-10-23(11-13-24)19-8-3-2-4-9-19/h2-9,14,16,22H,10-13,15H2,1H3/t16-/m0/s1. The lowest BCUT2D eigenvalue weighted by Gasteiger charge is -2.36. The Hall–Kier alpha value is -2.04. The predicted octanol–water partition coefficient (Wildman–Crippen LogP) is 3.34. The maximum absolute atomic E-state index is 12.5. The van der Waals surface area contributed by atoms with E-state index in [-0.39, 0.29) is 11.9 Å². The van der Waals surface area contributed by atoms with Crippen LogP contribution in [0.2, 0.25) is 5.02 Å². The first kappa shape index (κ1) is 17.8. The highest BCUT2D eigenvalue weighted by Gasteiger charge is 2.21. The summed E-state index contributed by atoms with van der Waals surface area (Å²) in [6, 6.07) is 18.2. The van der Waals surface area contributed by atoms with E-state index < -0.39 is 0 Å². The second-order valence-corrected chi connectivity index (χ2v) is 6.80. The van der Waals surface area contributed by atoms with Crippen molar-refractivity contribution in [2.24, 2.45) is 0 Å². The summed E-state index contributed by atoms with van der Waals surface area (Å²) in [5.74, 6) is 0.154. The van der Waals surface area contributed by atoms with E-state index in [9.17, 15) is 4.79 Å². The van der Waals surface area contributed by atoms with Crippen molar-refractivity contribution in [3.63, 3.8) is 0 Å². The van der Waals surface area contributed by atoms with Gasteiger partial charge in [-0.05, 0) is 36.8 Å². The number of carbonyl (C=O) groups excluding carboxylic acids is 1. The Balaban J connectivity index is 1.46. The van der Waals surface area contributed by atoms with E-state index in [0.29, 0.717) is 6.54 Å². The number of carbonyl (C=O) groups is 1. The van der Waals surface area contributed by atoms with Gasteiger partial charge in [0.25, 0.3) is 0 Å². The van der Waals surface area contributed by atoms with Crippen molar-refractivity contribution in [1.29, 1.82) is 0 Å². The number of halogens is 1. The van der Waals surface area contributed by atoms with Crippen LogP contribution in [0.1, 0.15) is 18.5 Å². The molecule has 0 unspecified atom stereocenters. The van der Waals surface area contributed by atoms with Crippen molar-refractivity contribution < 1.29 is 4.79 Å². The minimum atomic E-state index is 0.0910. The van der Waals surface area contributed by atoms with Gasteiger partial charge in [-0.1, -0.05) is 41.9 Å². The molecule has 4 nitrogen and oxygen atoms in total. The van der Waals surface area contributed by atoms with Gasteiger partial charge in [-0.25, -0.2) is 0 Å². The summed E-state index contributed by atoms with van der Waals surface area (Å²) in [7, 11) is 0. The molecule has 0 spiro atoms. The molecule has 1 fully saturated rings. The molecule has 1 N–H and O–H groups in total. The molecule has 1 amide bonds. The maximum atomic E-state index is 12.5. The molecule has 1 aliphatic rings. The number of hydrogen-bond donors (Lipinski definition) is 1. The molecule has 0 radical (unpaired) electrons. The zero-order valence-corrected chi connectivity index (χ0v) is 15.2. The van der Waals surface area contributed by atoms with Crippen LogP contribution in [0, 0.1) is 0 Å². The average Bonchev–Trinajstić information content (AvgIpc) is 2.66. The van der Waals surface area contributed by atoms with Crippen LogP contribution >= 0.6 is 11.6 Å². The van der Waals surface area contributed by atoms with Gasteiger partial charge < -0.3 is 15.1 Å². The molecular weight excluding hydrogens is 334 g/mol. The summed E-state index contributed by atoms with van der Waals surface area (Å²) in [6.07, 6.45) is 0. The van der Waals surface area contributed by atoms with Gasteiger partial charge in [0.1, 0.15) is 0 Å². The third-order valence-corrected chi connectivity index (χ3v) is 4.90. The summed E-state index contributed by atoms with van der Waals surface area (Å²) in [6.45, 7) is 5.67. The number of anilines is 1. The Kier molecular flexibility index (Phi) is 5.95. The second-order valence-electron chi connectivity index (χ2n) is 6.36. The van der Waals surface area contributed by atoms with E-state index in [1.165, 1.54) is 5.69 Å². The number of amides is 1. The first-order valence-corrected chi connectivity index (χ1v) is 9.08. The molecule has 1 saturated heterocycles. The van der Waals surface area contributed by atoms with Crippen molar-refractivity contribution in [2.75, 3.05) is 37.6 Å². The smallest absolute Gasteiger partial charge is 0.236 e. The van der Waals surface area contributed by atoms with Crippen LogP contribution in [0.4, 0.5) is 5.69 Å². The number of nitrogens with one attached hydrogen (secondary N) is 1. The van der Waals surface area contributed by atoms with E-state index in [0.717, 1.165) is 36.8 Å². The van der Waals surface area contributed by atoms with Crippen molar-refractivity contribution in [2.45, 2.75) is 13.0 Å². The number of benzene rings is 2. The molecule has 1 aliphatic heterocycles. The molecule has 3 rings (SSSR count). The highest BCUT2D eigenvalue weighted by Crippen LogP contribution is 2.18. The first-order chi connectivity index (χ1) is 12.1.